The largest absolute Gasteiger partial charge is 0.348 e. The number of pyridine rings is 1. The highest BCUT2D eigenvalue weighted by Gasteiger charge is 2.20. The molecule has 0 radical (unpaired) electrons. The number of fused-ring (bicyclic) bond motifs is 3. The molecule has 168 valence electrons. The van der Waals surface area contributed by atoms with Crippen LogP contribution in [0.1, 0.15) is 26.3 Å². The monoisotopic (exact) mass is 454 g/mol. The highest BCUT2D eigenvalue weighted by Crippen LogP contribution is 2.20. The van der Waals surface area contributed by atoms with Crippen LogP contribution >= 0.6 is 0 Å². The number of aromatic amines is 1. The number of imidazole rings is 1. The fraction of sp³-hybridized carbons (Fsp3) is 0.0385. The Morgan fingerprint density at radius 2 is 1.59 bits per heavy atom. The van der Waals surface area contributed by atoms with Gasteiger partial charge in [-0.2, -0.15) is 0 Å². The van der Waals surface area contributed by atoms with Gasteiger partial charge in [0.25, 0.3) is 17.4 Å². The standard InChI is InChI=1S/C26H19FN4O3/c27-18-12-10-17(11-13-18)24(32)30-21-14-19(25(33)28-15-16-6-2-1-3-7-16)23-29-20-8-4-5-9-22(20)31(23)26(21)34/h1-14,29H,15H2,(H,28,33)(H,30,32). The van der Waals surface area contributed by atoms with E-state index in [4.69, 9.17) is 0 Å². The van der Waals surface area contributed by atoms with Crippen LogP contribution in [0.5, 0.6) is 0 Å². The zero-order chi connectivity index (χ0) is 23.7. The minimum atomic E-state index is -0.590. The molecule has 3 N–H and O–H groups in total. The van der Waals surface area contributed by atoms with E-state index in [1.807, 2.05) is 36.4 Å². The number of amides is 2. The van der Waals surface area contributed by atoms with Gasteiger partial charge >= 0.3 is 0 Å². The van der Waals surface area contributed by atoms with Crippen molar-refractivity contribution in [2.45, 2.75) is 6.54 Å². The van der Waals surface area contributed by atoms with E-state index in [1.165, 1.54) is 22.6 Å². The molecular formula is C26H19FN4O3. The van der Waals surface area contributed by atoms with Crippen LogP contribution in [-0.4, -0.2) is 21.2 Å². The number of carbonyl (C=O) groups excluding carboxylic acids is 2. The van der Waals surface area contributed by atoms with Gasteiger partial charge in [0, 0.05) is 12.1 Å². The predicted octanol–water partition coefficient (Wildman–Crippen LogP) is 4.10. The Hall–Kier alpha value is -4.72. The van der Waals surface area contributed by atoms with E-state index in [2.05, 4.69) is 15.6 Å². The normalized spacial score (nSPS) is 11.0. The smallest absolute Gasteiger partial charge is 0.280 e. The first-order chi connectivity index (χ1) is 16.5. The molecule has 0 aliphatic rings. The molecule has 2 heterocycles. The molecule has 5 aromatic rings. The molecule has 0 aliphatic heterocycles. The molecule has 7 nitrogen and oxygen atoms in total. The fourth-order valence-electron chi connectivity index (χ4n) is 3.80. The summed E-state index contributed by atoms with van der Waals surface area (Å²) < 4.78 is 14.6. The zero-order valence-corrected chi connectivity index (χ0v) is 17.8. The third-order valence-electron chi connectivity index (χ3n) is 5.49. The maximum Gasteiger partial charge on any atom is 0.280 e. The molecule has 2 amide bonds. The van der Waals surface area contributed by atoms with Gasteiger partial charge in [0.15, 0.2) is 0 Å². The molecule has 0 bridgehead atoms. The van der Waals surface area contributed by atoms with Gasteiger partial charge in [-0.05, 0) is 48.0 Å². The maximum absolute atomic E-state index is 13.3. The second kappa shape index (κ2) is 8.67. The van der Waals surface area contributed by atoms with Crippen molar-refractivity contribution >= 4 is 34.2 Å². The van der Waals surface area contributed by atoms with Crippen molar-refractivity contribution in [1.82, 2.24) is 14.7 Å². The van der Waals surface area contributed by atoms with E-state index in [0.717, 1.165) is 17.7 Å². The minimum Gasteiger partial charge on any atom is -0.348 e. The number of carbonyl (C=O) groups is 2. The molecule has 0 aliphatic carbocycles. The molecule has 0 spiro atoms. The molecule has 34 heavy (non-hydrogen) atoms. The Labute approximate surface area is 192 Å². The van der Waals surface area contributed by atoms with Gasteiger partial charge < -0.3 is 15.6 Å². The third-order valence-corrected chi connectivity index (χ3v) is 5.49. The number of para-hydroxylation sites is 2. The van der Waals surface area contributed by atoms with E-state index in [1.54, 1.807) is 18.2 Å². The summed E-state index contributed by atoms with van der Waals surface area (Å²) in [6.07, 6.45) is 0. The number of nitrogens with zero attached hydrogens (tertiary/aromatic N) is 1. The maximum atomic E-state index is 13.3. The number of H-pyrrole nitrogens is 1. The van der Waals surface area contributed by atoms with Crippen LogP contribution in [0, 0.1) is 5.82 Å². The number of nitrogens with one attached hydrogen (secondary N) is 3. The lowest BCUT2D eigenvalue weighted by atomic mass is 10.2. The van der Waals surface area contributed by atoms with Crippen molar-refractivity contribution in [3.63, 3.8) is 0 Å². The number of hydrogen-bond donors (Lipinski definition) is 3. The van der Waals surface area contributed by atoms with Crippen molar-refractivity contribution in [3.8, 4) is 0 Å². The van der Waals surface area contributed by atoms with E-state index in [-0.39, 0.29) is 16.8 Å². The summed E-state index contributed by atoms with van der Waals surface area (Å²) in [6.45, 7) is 0.294. The van der Waals surface area contributed by atoms with Crippen molar-refractivity contribution < 1.29 is 14.0 Å². The number of rotatable bonds is 5. The van der Waals surface area contributed by atoms with Crippen molar-refractivity contribution in [2.75, 3.05) is 5.32 Å². The zero-order valence-electron chi connectivity index (χ0n) is 17.8. The molecule has 2 aromatic heterocycles. The predicted molar refractivity (Wildman–Crippen MR) is 127 cm³/mol. The van der Waals surface area contributed by atoms with Crippen LogP contribution in [0.4, 0.5) is 10.1 Å². The van der Waals surface area contributed by atoms with E-state index in [9.17, 15) is 18.8 Å². The summed E-state index contributed by atoms with van der Waals surface area (Å²) in [5.74, 6) is -1.48. The van der Waals surface area contributed by atoms with Crippen LogP contribution in [0.3, 0.4) is 0 Å². The highest BCUT2D eigenvalue weighted by atomic mass is 19.1. The summed E-state index contributed by atoms with van der Waals surface area (Å²) in [5, 5.41) is 5.43. The van der Waals surface area contributed by atoms with Gasteiger partial charge in [-0.3, -0.25) is 18.8 Å². The first-order valence-electron chi connectivity index (χ1n) is 10.6. The molecule has 0 unspecified atom stereocenters. The number of aromatic nitrogens is 2. The second-order valence-electron chi connectivity index (χ2n) is 7.73. The Bertz CT molecular complexity index is 1590. The molecule has 8 heteroatoms. The fourth-order valence-corrected chi connectivity index (χ4v) is 3.80. The van der Waals surface area contributed by atoms with Crippen LogP contribution in [-0.2, 0) is 6.54 Å². The molecule has 0 saturated heterocycles. The quantitative estimate of drug-likeness (QED) is 0.373. The average molecular weight is 454 g/mol. The molecule has 3 aromatic carbocycles. The average Bonchev–Trinajstić information content (AvgIpc) is 3.25. The van der Waals surface area contributed by atoms with Crippen LogP contribution < -0.4 is 16.2 Å². The summed E-state index contributed by atoms with van der Waals surface area (Å²) >= 11 is 0. The van der Waals surface area contributed by atoms with E-state index in [0.29, 0.717) is 23.2 Å². The van der Waals surface area contributed by atoms with Crippen molar-refractivity contribution in [3.05, 3.63) is 118 Å². The number of benzene rings is 3. The molecular weight excluding hydrogens is 435 g/mol. The van der Waals surface area contributed by atoms with Gasteiger partial charge in [-0.15, -0.1) is 0 Å². The Balaban J connectivity index is 1.58. The lowest BCUT2D eigenvalue weighted by molar-refractivity contribution is 0.0950. The third kappa shape index (κ3) is 3.93. The lowest BCUT2D eigenvalue weighted by Gasteiger charge is -2.10. The summed E-state index contributed by atoms with van der Waals surface area (Å²) in [6, 6.07) is 22.9. The first-order valence-corrected chi connectivity index (χ1v) is 10.6. The highest BCUT2D eigenvalue weighted by molar-refractivity contribution is 6.07. The number of halogens is 1. The van der Waals surface area contributed by atoms with E-state index >= 15 is 0 Å². The summed E-state index contributed by atoms with van der Waals surface area (Å²) in [5.41, 5.74) is 2.28. The van der Waals surface area contributed by atoms with E-state index < -0.39 is 23.2 Å². The number of anilines is 1. The Morgan fingerprint density at radius 3 is 2.35 bits per heavy atom. The Kier molecular flexibility index (Phi) is 5.39. The van der Waals surface area contributed by atoms with Crippen molar-refractivity contribution in [2.24, 2.45) is 0 Å². The Morgan fingerprint density at radius 1 is 0.882 bits per heavy atom. The second-order valence-corrected chi connectivity index (χ2v) is 7.73. The van der Waals surface area contributed by atoms with Gasteiger partial charge in [-0.1, -0.05) is 42.5 Å². The van der Waals surface area contributed by atoms with Crippen LogP contribution in [0.25, 0.3) is 16.7 Å². The van der Waals surface area contributed by atoms with Gasteiger partial charge in [0.1, 0.15) is 17.2 Å². The summed E-state index contributed by atoms with van der Waals surface area (Å²) in [7, 11) is 0. The molecule has 0 atom stereocenters. The van der Waals surface area contributed by atoms with Crippen LogP contribution in [0.2, 0.25) is 0 Å². The lowest BCUT2D eigenvalue weighted by Crippen LogP contribution is -2.28. The first kappa shape index (κ1) is 21.1. The van der Waals surface area contributed by atoms with Gasteiger partial charge in [-0.25, -0.2) is 4.39 Å². The molecule has 0 saturated carbocycles. The van der Waals surface area contributed by atoms with Crippen molar-refractivity contribution in [1.29, 1.82) is 0 Å². The molecule has 0 fully saturated rings. The SMILES string of the molecule is O=C(Nc1cc(C(=O)NCc2ccccc2)c2[nH]c3ccccc3n2c1=O)c1ccc(F)cc1. The van der Waals surface area contributed by atoms with Gasteiger partial charge in [0.2, 0.25) is 0 Å². The number of hydrogen-bond acceptors (Lipinski definition) is 3. The van der Waals surface area contributed by atoms with Crippen LogP contribution in [0.15, 0.2) is 89.7 Å². The summed E-state index contributed by atoms with van der Waals surface area (Å²) in [4.78, 5) is 42.3. The topological polar surface area (TPSA) is 95.5 Å². The van der Waals surface area contributed by atoms with Gasteiger partial charge in [0.05, 0.1) is 16.6 Å². The minimum absolute atomic E-state index is 0.0681. The molecule has 5 rings (SSSR count).